The summed E-state index contributed by atoms with van der Waals surface area (Å²) in [5.41, 5.74) is 1.04. The molecule has 0 aromatic heterocycles. The summed E-state index contributed by atoms with van der Waals surface area (Å²) in [7, 11) is 0. The number of benzene rings is 1. The third-order valence-electron chi connectivity index (χ3n) is 1.67. The monoisotopic (exact) mass is 290 g/mol. The van der Waals surface area contributed by atoms with Crippen LogP contribution in [0.15, 0.2) is 24.3 Å². The second-order valence-corrected chi connectivity index (χ2v) is 2.58. The first-order valence-corrected chi connectivity index (χ1v) is 3.84. The molecule has 0 aliphatic carbocycles. The maximum Gasteiger partial charge on any atom is 0.269 e. The van der Waals surface area contributed by atoms with Crippen LogP contribution in [-0.4, -0.2) is 13.3 Å². The Morgan fingerprint density at radius 2 is 1.87 bits per heavy atom. The molecule has 1 aromatic rings. The van der Waals surface area contributed by atoms with Gasteiger partial charge in [-0.2, -0.15) is 5.26 Å². The zero-order valence-electron chi connectivity index (χ0n) is 7.85. The molecule has 0 aliphatic rings. The van der Waals surface area contributed by atoms with Gasteiger partial charge in [0.25, 0.3) is 5.69 Å². The second-order valence-electron chi connectivity index (χ2n) is 2.58. The van der Waals surface area contributed by atoms with E-state index in [0.717, 1.165) is 5.56 Å². The van der Waals surface area contributed by atoms with Crippen LogP contribution >= 0.6 is 0 Å². The molecule has 0 bridgehead atoms. The first-order chi connectivity index (χ1) is 6.24. The van der Waals surface area contributed by atoms with E-state index in [9.17, 15) is 10.1 Å². The normalized spacial score (nSPS) is 7.93. The topological polar surface area (TPSA) is 66.9 Å². The molecule has 1 rings (SSSR count). The number of non-ortho nitro benzene ring substituents is 1. The van der Waals surface area contributed by atoms with Crippen LogP contribution in [0.25, 0.3) is 0 Å². The number of rotatable bonds is 3. The van der Waals surface area contributed by atoms with Crippen molar-refractivity contribution in [2.45, 2.75) is 12.8 Å². The Labute approximate surface area is 103 Å². The zero-order valence-corrected chi connectivity index (χ0v) is 9.48. The number of nitro groups is 1. The van der Waals surface area contributed by atoms with Crippen LogP contribution in [-0.2, 0) is 25.9 Å². The number of nitro benzene ring substituents is 1. The van der Waals surface area contributed by atoms with Gasteiger partial charge < -0.3 is 0 Å². The molecule has 0 fully saturated rings. The van der Waals surface area contributed by atoms with E-state index < -0.39 is 4.92 Å². The van der Waals surface area contributed by atoms with E-state index in [1.54, 1.807) is 12.1 Å². The van der Waals surface area contributed by atoms with Gasteiger partial charge in [0.05, 0.1) is 11.0 Å². The summed E-state index contributed by atoms with van der Waals surface area (Å²) in [5.74, 6) is 0. The minimum atomic E-state index is -0.436. The van der Waals surface area contributed by atoms with Gasteiger partial charge in [-0.3, -0.25) is 10.1 Å². The molecular formula is C9H8BN2O2Rh. The van der Waals surface area contributed by atoms with Crippen LogP contribution in [0.4, 0.5) is 5.69 Å². The van der Waals surface area contributed by atoms with Crippen molar-refractivity contribution in [2.75, 3.05) is 0 Å². The fourth-order valence-corrected chi connectivity index (χ4v) is 0.985. The van der Waals surface area contributed by atoms with Gasteiger partial charge in [0.2, 0.25) is 0 Å². The first kappa shape index (κ1) is 16.2. The summed E-state index contributed by atoms with van der Waals surface area (Å²) in [6.45, 7) is 0. The van der Waals surface area contributed by atoms with Gasteiger partial charge in [-0.05, 0) is 12.0 Å². The fraction of sp³-hybridized carbons (Fsp3) is 0.222. The molecule has 1 aromatic carbocycles. The summed E-state index contributed by atoms with van der Waals surface area (Å²) < 4.78 is 0. The first-order valence-electron chi connectivity index (χ1n) is 3.84. The standard InChI is InChI=1S/C9H8N2O2.B.Rh/c10-7-1-2-8-3-5-9(6-4-8)11(12)13;;/h3-6H,1-2H2;;. The Morgan fingerprint density at radius 1 is 1.33 bits per heavy atom. The van der Waals surface area contributed by atoms with E-state index in [0.29, 0.717) is 12.8 Å². The quantitative estimate of drug-likeness (QED) is 0.483. The Kier molecular flexibility index (Phi) is 8.81. The van der Waals surface area contributed by atoms with Crippen molar-refractivity contribution >= 4 is 14.1 Å². The number of aryl methyl sites for hydroxylation is 1. The zero-order chi connectivity index (χ0) is 9.68. The minimum Gasteiger partial charge on any atom is -0.258 e. The summed E-state index contributed by atoms with van der Waals surface area (Å²) in [6, 6.07) is 8.27. The van der Waals surface area contributed by atoms with Crippen molar-refractivity contribution in [2.24, 2.45) is 0 Å². The van der Waals surface area contributed by atoms with E-state index in [1.165, 1.54) is 12.1 Å². The summed E-state index contributed by atoms with van der Waals surface area (Å²) >= 11 is 0. The molecule has 0 saturated carbocycles. The fourth-order valence-electron chi connectivity index (χ4n) is 0.985. The molecule has 0 unspecified atom stereocenters. The average molecular weight is 290 g/mol. The molecule has 15 heavy (non-hydrogen) atoms. The molecule has 4 nitrogen and oxygen atoms in total. The Bertz CT molecular complexity index is 348. The summed E-state index contributed by atoms with van der Waals surface area (Å²) in [4.78, 5) is 9.84. The van der Waals surface area contributed by atoms with Crippen molar-refractivity contribution in [3.63, 3.8) is 0 Å². The number of hydrogen-bond acceptors (Lipinski definition) is 3. The van der Waals surface area contributed by atoms with E-state index in [4.69, 9.17) is 5.26 Å². The molecule has 0 atom stereocenters. The van der Waals surface area contributed by atoms with Gasteiger partial charge in [-0.1, -0.05) is 12.1 Å². The van der Waals surface area contributed by atoms with Gasteiger partial charge in [-0.25, -0.2) is 0 Å². The third kappa shape index (κ3) is 5.29. The van der Waals surface area contributed by atoms with Crippen molar-refractivity contribution in [1.82, 2.24) is 0 Å². The smallest absolute Gasteiger partial charge is 0.258 e. The summed E-state index contributed by atoms with van der Waals surface area (Å²) in [5, 5.41) is 18.6. The molecule has 4 radical (unpaired) electrons. The third-order valence-corrected chi connectivity index (χ3v) is 1.67. The van der Waals surface area contributed by atoms with Gasteiger partial charge in [0, 0.05) is 46.4 Å². The van der Waals surface area contributed by atoms with E-state index in [2.05, 4.69) is 0 Å². The molecule has 6 heteroatoms. The van der Waals surface area contributed by atoms with Gasteiger partial charge in [0.15, 0.2) is 0 Å². The van der Waals surface area contributed by atoms with Crippen LogP contribution in [0.2, 0.25) is 0 Å². The molecule has 78 valence electrons. The average Bonchev–Trinajstić information content (AvgIpc) is 2.15. The predicted molar refractivity (Wildman–Crippen MR) is 52.8 cm³/mol. The molecule has 0 N–H and O–H groups in total. The van der Waals surface area contributed by atoms with E-state index in [-0.39, 0.29) is 33.6 Å². The largest absolute Gasteiger partial charge is 0.269 e. The van der Waals surface area contributed by atoms with Gasteiger partial charge in [-0.15, -0.1) is 0 Å². The SMILES string of the molecule is N#CCCc1ccc([N+](=O)[O-])cc1.[B].[Rh]. The van der Waals surface area contributed by atoms with Crippen molar-refractivity contribution < 1.29 is 24.4 Å². The number of nitrogens with zero attached hydrogens (tertiary/aromatic N) is 2. The Hall–Kier alpha value is -1.20. The molecule has 0 aliphatic heterocycles. The molecule has 0 amide bonds. The van der Waals surface area contributed by atoms with Crippen LogP contribution in [0, 0.1) is 21.4 Å². The van der Waals surface area contributed by atoms with Gasteiger partial charge in [0.1, 0.15) is 0 Å². The van der Waals surface area contributed by atoms with E-state index >= 15 is 0 Å². The van der Waals surface area contributed by atoms with Crippen LogP contribution in [0.3, 0.4) is 0 Å². The number of hydrogen-bond donors (Lipinski definition) is 0. The molecule has 0 heterocycles. The van der Waals surface area contributed by atoms with Crippen LogP contribution in [0.5, 0.6) is 0 Å². The molecule has 0 spiro atoms. The number of nitriles is 1. The Balaban J connectivity index is 0. The van der Waals surface area contributed by atoms with Gasteiger partial charge >= 0.3 is 0 Å². The molecule has 0 saturated heterocycles. The van der Waals surface area contributed by atoms with Crippen LogP contribution in [0.1, 0.15) is 12.0 Å². The second kappa shape index (κ2) is 8.14. The molecular weight excluding hydrogens is 282 g/mol. The van der Waals surface area contributed by atoms with Crippen molar-refractivity contribution in [3.05, 3.63) is 39.9 Å². The maximum atomic E-state index is 10.3. The van der Waals surface area contributed by atoms with Crippen molar-refractivity contribution in [1.29, 1.82) is 5.26 Å². The maximum absolute atomic E-state index is 10.3. The van der Waals surface area contributed by atoms with E-state index in [1.807, 2.05) is 6.07 Å². The summed E-state index contributed by atoms with van der Waals surface area (Å²) in [6.07, 6.45) is 1.09. The van der Waals surface area contributed by atoms with Crippen molar-refractivity contribution in [3.8, 4) is 6.07 Å². The Morgan fingerprint density at radius 3 is 2.27 bits per heavy atom. The van der Waals surface area contributed by atoms with Crippen LogP contribution < -0.4 is 0 Å². The minimum absolute atomic E-state index is 0. The predicted octanol–water partition coefficient (Wildman–Crippen LogP) is 1.67.